The van der Waals surface area contributed by atoms with Gasteiger partial charge < -0.3 is 15.2 Å². The number of hydrogen-bond acceptors (Lipinski definition) is 3. The van der Waals surface area contributed by atoms with Crippen molar-refractivity contribution in [3.8, 4) is 5.75 Å². The van der Waals surface area contributed by atoms with Crippen LogP contribution in [-0.4, -0.2) is 24.9 Å². The monoisotopic (exact) mass is 249 g/mol. The van der Waals surface area contributed by atoms with Gasteiger partial charge in [-0.15, -0.1) is 0 Å². The van der Waals surface area contributed by atoms with Crippen LogP contribution in [0, 0.1) is 5.92 Å². The lowest BCUT2D eigenvalue weighted by Crippen LogP contribution is -2.26. The predicted octanol–water partition coefficient (Wildman–Crippen LogP) is 2.51. The average molecular weight is 249 g/mol. The van der Waals surface area contributed by atoms with Crippen molar-refractivity contribution < 1.29 is 9.84 Å². The minimum atomic E-state index is 0.0471. The second kappa shape index (κ2) is 6.76. The van der Waals surface area contributed by atoms with E-state index in [1.54, 1.807) is 0 Å². The molecule has 0 aromatic heterocycles. The number of aliphatic hydroxyl groups excluding tert-OH is 1. The Balaban J connectivity index is 1.88. The molecule has 3 nitrogen and oxygen atoms in total. The first-order chi connectivity index (χ1) is 8.83. The van der Waals surface area contributed by atoms with E-state index < -0.39 is 0 Å². The van der Waals surface area contributed by atoms with Crippen LogP contribution in [0.25, 0.3) is 0 Å². The Morgan fingerprint density at radius 2 is 2.06 bits per heavy atom. The van der Waals surface area contributed by atoms with Gasteiger partial charge in [0.15, 0.2) is 0 Å². The van der Waals surface area contributed by atoms with Gasteiger partial charge in [-0.2, -0.15) is 0 Å². The summed E-state index contributed by atoms with van der Waals surface area (Å²) in [6, 6.07) is 8.07. The molecule has 1 aromatic carbocycles. The van der Waals surface area contributed by atoms with E-state index in [9.17, 15) is 5.11 Å². The van der Waals surface area contributed by atoms with Gasteiger partial charge in [-0.25, -0.2) is 0 Å². The molecular weight excluding hydrogens is 226 g/mol. The molecule has 1 aromatic rings. The minimum absolute atomic E-state index is 0.0471. The highest BCUT2D eigenvalue weighted by molar-refractivity contribution is 5.29. The van der Waals surface area contributed by atoms with E-state index >= 15 is 0 Å². The first-order valence-corrected chi connectivity index (χ1v) is 6.90. The van der Waals surface area contributed by atoms with E-state index in [-0.39, 0.29) is 12.6 Å². The van der Waals surface area contributed by atoms with Crippen LogP contribution >= 0.6 is 0 Å². The number of hydrogen-bond donors (Lipinski definition) is 2. The zero-order valence-electron chi connectivity index (χ0n) is 11.1. The lowest BCUT2D eigenvalue weighted by Gasteiger charge is -2.17. The number of benzene rings is 1. The van der Waals surface area contributed by atoms with Crippen LogP contribution < -0.4 is 10.1 Å². The Hall–Kier alpha value is -1.06. The first kappa shape index (κ1) is 13.4. The van der Waals surface area contributed by atoms with Crippen LogP contribution in [-0.2, 0) is 0 Å². The second-order valence-electron chi connectivity index (χ2n) is 5.00. The molecule has 0 bridgehead atoms. The van der Waals surface area contributed by atoms with Crippen molar-refractivity contribution in [2.24, 2.45) is 5.92 Å². The Morgan fingerprint density at radius 1 is 1.33 bits per heavy atom. The summed E-state index contributed by atoms with van der Waals surface area (Å²) >= 11 is 0. The van der Waals surface area contributed by atoms with Gasteiger partial charge in [0, 0.05) is 0 Å². The Labute approximate surface area is 109 Å². The van der Waals surface area contributed by atoms with Crippen molar-refractivity contribution in [1.29, 1.82) is 0 Å². The maximum Gasteiger partial charge on any atom is 0.119 e. The molecule has 2 rings (SSSR count). The summed E-state index contributed by atoms with van der Waals surface area (Å²) in [6.07, 6.45) is 3.67. The standard InChI is InChI=1S/C15H23NO2/c1-2-9-18-14-7-5-13(6-8-14)15(11-17)16-10-12-3-4-12/h5-8,12,15-17H,2-4,9-11H2,1H3. The van der Waals surface area contributed by atoms with E-state index in [2.05, 4.69) is 12.2 Å². The Morgan fingerprint density at radius 3 is 2.61 bits per heavy atom. The lowest BCUT2D eigenvalue weighted by atomic mass is 10.1. The normalized spacial score (nSPS) is 16.6. The van der Waals surface area contributed by atoms with Crippen LogP contribution in [0.15, 0.2) is 24.3 Å². The van der Waals surface area contributed by atoms with E-state index in [1.165, 1.54) is 12.8 Å². The largest absolute Gasteiger partial charge is 0.494 e. The summed E-state index contributed by atoms with van der Waals surface area (Å²) < 4.78 is 5.55. The van der Waals surface area contributed by atoms with Crippen LogP contribution in [0.5, 0.6) is 5.75 Å². The van der Waals surface area contributed by atoms with Gasteiger partial charge in [-0.3, -0.25) is 0 Å². The van der Waals surface area contributed by atoms with Gasteiger partial charge in [0.05, 0.1) is 19.3 Å². The molecule has 2 N–H and O–H groups in total. The minimum Gasteiger partial charge on any atom is -0.494 e. The predicted molar refractivity (Wildman–Crippen MR) is 72.8 cm³/mol. The third-order valence-electron chi connectivity index (χ3n) is 3.29. The number of rotatable bonds is 8. The maximum atomic E-state index is 9.43. The zero-order chi connectivity index (χ0) is 12.8. The summed E-state index contributed by atoms with van der Waals surface area (Å²) in [5.41, 5.74) is 1.13. The fourth-order valence-electron chi connectivity index (χ4n) is 1.93. The van der Waals surface area contributed by atoms with Gasteiger partial charge >= 0.3 is 0 Å². The molecule has 0 heterocycles. The third-order valence-corrected chi connectivity index (χ3v) is 3.29. The summed E-state index contributed by atoms with van der Waals surface area (Å²) in [5.74, 6) is 1.73. The average Bonchev–Trinajstić information content (AvgIpc) is 3.22. The number of nitrogens with one attached hydrogen (secondary N) is 1. The van der Waals surface area contributed by atoms with Crippen molar-refractivity contribution in [2.75, 3.05) is 19.8 Å². The van der Waals surface area contributed by atoms with E-state index in [0.29, 0.717) is 0 Å². The molecule has 1 fully saturated rings. The number of aliphatic hydroxyl groups is 1. The van der Waals surface area contributed by atoms with Gasteiger partial charge in [-0.1, -0.05) is 19.1 Å². The molecule has 1 saturated carbocycles. The molecule has 3 heteroatoms. The second-order valence-corrected chi connectivity index (χ2v) is 5.00. The molecule has 1 unspecified atom stereocenters. The van der Waals surface area contributed by atoms with E-state index in [0.717, 1.165) is 36.8 Å². The molecular formula is C15H23NO2. The quantitative estimate of drug-likeness (QED) is 0.744. The summed E-state index contributed by atoms with van der Waals surface area (Å²) in [4.78, 5) is 0. The van der Waals surface area contributed by atoms with Crippen LogP contribution in [0.4, 0.5) is 0 Å². The first-order valence-electron chi connectivity index (χ1n) is 6.90. The summed E-state index contributed by atoms with van der Waals surface area (Å²) in [7, 11) is 0. The summed E-state index contributed by atoms with van der Waals surface area (Å²) in [6.45, 7) is 4.00. The van der Waals surface area contributed by atoms with Crippen molar-refractivity contribution in [1.82, 2.24) is 5.32 Å². The van der Waals surface area contributed by atoms with E-state index in [4.69, 9.17) is 4.74 Å². The van der Waals surface area contributed by atoms with Crippen LogP contribution in [0.2, 0.25) is 0 Å². The fourth-order valence-corrected chi connectivity index (χ4v) is 1.93. The molecule has 1 aliphatic rings. The molecule has 18 heavy (non-hydrogen) atoms. The molecule has 0 aliphatic heterocycles. The zero-order valence-corrected chi connectivity index (χ0v) is 11.1. The lowest BCUT2D eigenvalue weighted by molar-refractivity contribution is 0.243. The molecule has 0 radical (unpaired) electrons. The third kappa shape index (κ3) is 4.00. The SMILES string of the molecule is CCCOc1ccc(C(CO)NCC2CC2)cc1. The maximum absolute atomic E-state index is 9.43. The van der Waals surface area contributed by atoms with Crippen LogP contribution in [0.3, 0.4) is 0 Å². The van der Waals surface area contributed by atoms with Crippen molar-refractivity contribution >= 4 is 0 Å². The molecule has 100 valence electrons. The highest BCUT2D eigenvalue weighted by Crippen LogP contribution is 2.28. The smallest absolute Gasteiger partial charge is 0.119 e. The van der Waals surface area contributed by atoms with Gasteiger partial charge in [-0.05, 0) is 49.4 Å². The highest BCUT2D eigenvalue weighted by atomic mass is 16.5. The summed E-state index contributed by atoms with van der Waals surface area (Å²) in [5, 5.41) is 12.8. The molecule has 1 aliphatic carbocycles. The fraction of sp³-hybridized carbons (Fsp3) is 0.600. The molecule has 0 amide bonds. The van der Waals surface area contributed by atoms with Crippen molar-refractivity contribution in [3.63, 3.8) is 0 Å². The number of ether oxygens (including phenoxy) is 1. The highest BCUT2D eigenvalue weighted by Gasteiger charge is 2.22. The Kier molecular flexibility index (Phi) is 5.02. The molecule has 1 atom stereocenters. The topological polar surface area (TPSA) is 41.5 Å². The van der Waals surface area contributed by atoms with Crippen LogP contribution in [0.1, 0.15) is 37.8 Å². The molecule has 0 saturated heterocycles. The van der Waals surface area contributed by atoms with Crippen molar-refractivity contribution in [2.45, 2.75) is 32.2 Å². The van der Waals surface area contributed by atoms with Gasteiger partial charge in [0.2, 0.25) is 0 Å². The van der Waals surface area contributed by atoms with Gasteiger partial charge in [0.1, 0.15) is 5.75 Å². The molecule has 0 spiro atoms. The van der Waals surface area contributed by atoms with Gasteiger partial charge in [0.25, 0.3) is 0 Å². The van der Waals surface area contributed by atoms with Crippen molar-refractivity contribution in [3.05, 3.63) is 29.8 Å². The van der Waals surface area contributed by atoms with E-state index in [1.807, 2.05) is 24.3 Å². The Bertz CT molecular complexity index is 346.